The van der Waals surface area contributed by atoms with Crippen molar-refractivity contribution in [2.45, 2.75) is 32.2 Å². The Balaban J connectivity index is 1.68. The van der Waals surface area contributed by atoms with E-state index >= 15 is 0 Å². The zero-order valence-electron chi connectivity index (χ0n) is 12.2. The second-order valence-electron chi connectivity index (χ2n) is 6.08. The molecule has 3 rings (SSSR count). The van der Waals surface area contributed by atoms with Crippen molar-refractivity contribution in [1.82, 2.24) is 15.2 Å². The van der Waals surface area contributed by atoms with Crippen molar-refractivity contribution in [3.8, 4) is 0 Å². The summed E-state index contributed by atoms with van der Waals surface area (Å²) < 4.78 is 23.0. The van der Waals surface area contributed by atoms with Crippen LogP contribution in [0.15, 0.2) is 6.20 Å². The lowest BCUT2D eigenvalue weighted by atomic mass is 10.0. The van der Waals surface area contributed by atoms with Crippen molar-refractivity contribution in [2.75, 3.05) is 34.8 Å². The molecule has 21 heavy (non-hydrogen) atoms. The molecule has 2 aliphatic heterocycles. The molecule has 0 aromatic carbocycles. The van der Waals surface area contributed by atoms with Gasteiger partial charge in [0, 0.05) is 19.1 Å². The quantitative estimate of drug-likeness (QED) is 0.879. The molecule has 0 aliphatic carbocycles. The first-order valence-electron chi connectivity index (χ1n) is 7.43. The van der Waals surface area contributed by atoms with Gasteiger partial charge in [0.15, 0.2) is 15.7 Å². The zero-order valence-corrected chi connectivity index (χ0v) is 13.0. The molecule has 2 saturated heterocycles. The third-order valence-corrected chi connectivity index (χ3v) is 5.86. The number of anilines is 2. The summed E-state index contributed by atoms with van der Waals surface area (Å²) >= 11 is 0. The van der Waals surface area contributed by atoms with E-state index in [1.165, 1.54) is 6.42 Å². The van der Waals surface area contributed by atoms with E-state index < -0.39 is 9.84 Å². The van der Waals surface area contributed by atoms with E-state index in [4.69, 9.17) is 0 Å². The molecular weight excluding hydrogens is 290 g/mol. The fraction of sp³-hybridized carbons (Fsp3) is 0.769. The maximum Gasteiger partial charge on any atom is 0.244 e. The molecule has 0 spiro atoms. The van der Waals surface area contributed by atoms with Crippen molar-refractivity contribution in [3.63, 3.8) is 0 Å². The van der Waals surface area contributed by atoms with Gasteiger partial charge < -0.3 is 10.2 Å². The van der Waals surface area contributed by atoms with E-state index in [0.29, 0.717) is 18.3 Å². The summed E-state index contributed by atoms with van der Waals surface area (Å²) in [5.41, 5.74) is 0. The Morgan fingerprint density at radius 2 is 2.24 bits per heavy atom. The maximum atomic E-state index is 11.5. The SMILES string of the molecule is CC1CCCN(c2cnnc(NC3CCS(=O)(=O)C3)n2)C1. The van der Waals surface area contributed by atoms with E-state index in [1.807, 2.05) is 0 Å². The largest absolute Gasteiger partial charge is 0.355 e. The molecule has 0 saturated carbocycles. The summed E-state index contributed by atoms with van der Waals surface area (Å²) in [5.74, 6) is 2.29. The van der Waals surface area contributed by atoms with Crippen LogP contribution in [-0.2, 0) is 9.84 Å². The zero-order chi connectivity index (χ0) is 14.9. The molecule has 2 fully saturated rings. The molecule has 1 N–H and O–H groups in total. The molecule has 2 atom stereocenters. The topological polar surface area (TPSA) is 88.1 Å². The number of aromatic nitrogens is 3. The van der Waals surface area contributed by atoms with Crippen molar-refractivity contribution < 1.29 is 8.42 Å². The number of nitrogens with zero attached hydrogens (tertiary/aromatic N) is 4. The minimum absolute atomic E-state index is 0.104. The van der Waals surface area contributed by atoms with Crippen LogP contribution in [0.2, 0.25) is 0 Å². The van der Waals surface area contributed by atoms with Gasteiger partial charge in [0.05, 0.1) is 17.7 Å². The molecular formula is C13H21N5O2S. The highest BCUT2D eigenvalue weighted by atomic mass is 32.2. The predicted octanol–water partition coefficient (Wildman–Crippen LogP) is 0.707. The predicted molar refractivity (Wildman–Crippen MR) is 81.1 cm³/mol. The van der Waals surface area contributed by atoms with Crippen LogP contribution in [-0.4, -0.2) is 54.2 Å². The first kappa shape index (κ1) is 14.5. The van der Waals surface area contributed by atoms with Crippen LogP contribution in [0.4, 0.5) is 11.8 Å². The standard InChI is InChI=1S/C13H21N5O2S/c1-10-3-2-5-18(8-10)12-7-14-17-13(16-12)15-11-4-6-21(19,20)9-11/h7,10-11H,2-6,8-9H2,1H3,(H,15,16,17). The second kappa shape index (κ2) is 5.75. The summed E-state index contributed by atoms with van der Waals surface area (Å²) in [4.78, 5) is 6.71. The van der Waals surface area contributed by atoms with Gasteiger partial charge in [-0.3, -0.25) is 0 Å². The average Bonchev–Trinajstić information content (AvgIpc) is 2.78. The number of sulfone groups is 1. The molecule has 2 unspecified atom stereocenters. The molecule has 0 amide bonds. The number of rotatable bonds is 3. The van der Waals surface area contributed by atoms with Gasteiger partial charge in [-0.15, -0.1) is 5.10 Å². The van der Waals surface area contributed by atoms with E-state index in [2.05, 4.69) is 32.3 Å². The van der Waals surface area contributed by atoms with Crippen LogP contribution < -0.4 is 10.2 Å². The molecule has 3 heterocycles. The van der Waals surface area contributed by atoms with E-state index in [-0.39, 0.29) is 17.5 Å². The summed E-state index contributed by atoms with van der Waals surface area (Å²) in [6, 6.07) is -0.104. The number of hydrogen-bond donors (Lipinski definition) is 1. The van der Waals surface area contributed by atoms with Gasteiger partial charge in [-0.2, -0.15) is 10.1 Å². The van der Waals surface area contributed by atoms with E-state index in [0.717, 1.165) is 25.3 Å². The summed E-state index contributed by atoms with van der Waals surface area (Å²) in [6.07, 6.45) is 4.69. The van der Waals surface area contributed by atoms with Crippen molar-refractivity contribution in [2.24, 2.45) is 5.92 Å². The normalized spacial score (nSPS) is 28.5. The Morgan fingerprint density at radius 1 is 1.38 bits per heavy atom. The van der Waals surface area contributed by atoms with Crippen LogP contribution in [0.5, 0.6) is 0 Å². The van der Waals surface area contributed by atoms with Gasteiger partial charge in [0.1, 0.15) is 0 Å². The van der Waals surface area contributed by atoms with Gasteiger partial charge in [0.2, 0.25) is 5.95 Å². The van der Waals surface area contributed by atoms with Gasteiger partial charge >= 0.3 is 0 Å². The minimum Gasteiger partial charge on any atom is -0.355 e. The third-order valence-electron chi connectivity index (χ3n) is 4.09. The molecule has 1 aromatic heterocycles. The number of piperidine rings is 1. The fourth-order valence-corrected chi connectivity index (χ4v) is 4.67. The minimum atomic E-state index is -2.90. The summed E-state index contributed by atoms with van der Waals surface area (Å²) in [7, 11) is -2.90. The maximum absolute atomic E-state index is 11.5. The van der Waals surface area contributed by atoms with Gasteiger partial charge in [-0.05, 0) is 25.2 Å². The number of hydrogen-bond acceptors (Lipinski definition) is 7. The Bertz CT molecular complexity index is 606. The monoisotopic (exact) mass is 311 g/mol. The molecule has 116 valence electrons. The van der Waals surface area contributed by atoms with Crippen LogP contribution in [0.25, 0.3) is 0 Å². The van der Waals surface area contributed by atoms with Crippen molar-refractivity contribution >= 4 is 21.6 Å². The van der Waals surface area contributed by atoms with Crippen LogP contribution in [0, 0.1) is 5.92 Å². The van der Waals surface area contributed by atoms with Crippen molar-refractivity contribution in [3.05, 3.63) is 6.20 Å². The highest BCUT2D eigenvalue weighted by Crippen LogP contribution is 2.21. The summed E-state index contributed by atoms with van der Waals surface area (Å²) in [5, 5.41) is 11.1. The Kier molecular flexibility index (Phi) is 3.97. The lowest BCUT2D eigenvalue weighted by Crippen LogP contribution is -2.35. The van der Waals surface area contributed by atoms with E-state index in [1.54, 1.807) is 6.20 Å². The summed E-state index contributed by atoms with van der Waals surface area (Å²) in [6.45, 7) is 4.21. The first-order chi connectivity index (χ1) is 10.0. The van der Waals surface area contributed by atoms with Crippen LogP contribution in [0.1, 0.15) is 26.2 Å². The molecule has 0 radical (unpaired) electrons. The smallest absolute Gasteiger partial charge is 0.244 e. The Morgan fingerprint density at radius 3 is 2.95 bits per heavy atom. The fourth-order valence-electron chi connectivity index (χ4n) is 3.00. The Labute approximate surface area is 125 Å². The highest BCUT2D eigenvalue weighted by molar-refractivity contribution is 7.91. The van der Waals surface area contributed by atoms with Gasteiger partial charge in [-0.25, -0.2) is 8.42 Å². The second-order valence-corrected chi connectivity index (χ2v) is 8.30. The molecule has 7 nitrogen and oxygen atoms in total. The third kappa shape index (κ3) is 3.61. The van der Waals surface area contributed by atoms with E-state index in [9.17, 15) is 8.42 Å². The van der Waals surface area contributed by atoms with Gasteiger partial charge in [-0.1, -0.05) is 6.92 Å². The molecule has 1 aromatic rings. The van der Waals surface area contributed by atoms with Crippen LogP contribution >= 0.6 is 0 Å². The first-order valence-corrected chi connectivity index (χ1v) is 9.25. The highest BCUT2D eigenvalue weighted by Gasteiger charge is 2.28. The molecule has 0 bridgehead atoms. The van der Waals surface area contributed by atoms with Crippen molar-refractivity contribution in [1.29, 1.82) is 0 Å². The lowest BCUT2D eigenvalue weighted by Gasteiger charge is -2.31. The molecule has 2 aliphatic rings. The Hall–Kier alpha value is -1.44. The lowest BCUT2D eigenvalue weighted by molar-refractivity contribution is 0.444. The molecule has 8 heteroatoms. The average molecular weight is 311 g/mol. The van der Waals surface area contributed by atoms with Crippen LogP contribution in [0.3, 0.4) is 0 Å². The van der Waals surface area contributed by atoms with Gasteiger partial charge in [0.25, 0.3) is 0 Å². The number of nitrogens with one attached hydrogen (secondary N) is 1.